The van der Waals surface area contributed by atoms with Crippen LogP contribution in [0.3, 0.4) is 0 Å². The Morgan fingerprint density at radius 1 is 0.733 bits per heavy atom. The Kier molecular flexibility index (Phi) is 15.4. The van der Waals surface area contributed by atoms with E-state index in [0.29, 0.717) is 6.42 Å². The fourth-order valence-electron chi connectivity index (χ4n) is 4.40. The van der Waals surface area contributed by atoms with Gasteiger partial charge in [-0.25, -0.2) is 0 Å². The van der Waals surface area contributed by atoms with Crippen LogP contribution in [-0.2, 0) is 43.2 Å². The maximum atomic E-state index is 13.3. The van der Waals surface area contributed by atoms with E-state index in [2.05, 4.69) is 21.3 Å². The highest BCUT2D eigenvalue weighted by molar-refractivity contribution is 5.97. The third-order valence-corrected chi connectivity index (χ3v) is 6.86. The molecular weight excluding hydrogens is 600 g/mol. The molecule has 0 bridgehead atoms. The molecule has 1 heterocycles. The Labute approximate surface area is 258 Å². The minimum absolute atomic E-state index is 0.258. The average Bonchev–Trinajstić information content (AvgIpc) is 3.44. The van der Waals surface area contributed by atoms with Crippen molar-refractivity contribution in [1.82, 2.24) is 26.2 Å². The van der Waals surface area contributed by atoms with Crippen LogP contribution in [0.1, 0.15) is 65.2 Å². The molecule has 0 saturated carbocycles. The highest BCUT2D eigenvalue weighted by atomic mass is 16.4. The maximum absolute atomic E-state index is 13.3. The molecule has 19 heteroatoms. The number of hydrogen-bond donors (Lipinski definition) is 9. The third kappa shape index (κ3) is 13.2. The molecule has 6 atom stereocenters. The first-order valence-corrected chi connectivity index (χ1v) is 14.2. The molecule has 252 valence electrons. The number of carboxylic acid groups (broad SMARTS) is 2. The van der Waals surface area contributed by atoms with Crippen molar-refractivity contribution >= 4 is 53.3 Å². The smallest absolute Gasteiger partial charge is 0.325 e. The number of amides is 7. The van der Waals surface area contributed by atoms with Crippen LogP contribution in [0.5, 0.6) is 0 Å². The number of rotatable bonds is 19. The highest BCUT2D eigenvalue weighted by Gasteiger charge is 2.37. The molecule has 1 saturated heterocycles. The minimum Gasteiger partial charge on any atom is -0.481 e. The molecule has 1 aliphatic heterocycles. The van der Waals surface area contributed by atoms with Crippen LogP contribution in [0.2, 0.25) is 0 Å². The van der Waals surface area contributed by atoms with Crippen LogP contribution < -0.4 is 38.5 Å². The van der Waals surface area contributed by atoms with Gasteiger partial charge in [0.2, 0.25) is 41.4 Å². The summed E-state index contributed by atoms with van der Waals surface area (Å²) in [5, 5.41) is 27.3. The molecule has 45 heavy (non-hydrogen) atoms. The fraction of sp³-hybridized carbons (Fsp3) is 0.654. The Bertz CT molecular complexity index is 1160. The van der Waals surface area contributed by atoms with Gasteiger partial charge in [-0.2, -0.15) is 0 Å². The second-order valence-corrected chi connectivity index (χ2v) is 10.7. The average molecular weight is 643 g/mol. The zero-order chi connectivity index (χ0) is 34.4. The number of carboxylic acids is 2. The van der Waals surface area contributed by atoms with Crippen molar-refractivity contribution in [2.45, 2.75) is 101 Å². The lowest BCUT2D eigenvalue weighted by Gasteiger charge is -2.28. The van der Waals surface area contributed by atoms with E-state index < -0.39 is 109 Å². The van der Waals surface area contributed by atoms with Gasteiger partial charge in [0.25, 0.3) is 0 Å². The lowest BCUT2D eigenvalue weighted by Crippen LogP contribution is -2.59. The second kappa shape index (κ2) is 18.1. The van der Waals surface area contributed by atoms with E-state index >= 15 is 0 Å². The molecule has 1 aliphatic rings. The topological polar surface area (TPSA) is 324 Å². The summed E-state index contributed by atoms with van der Waals surface area (Å²) in [6.45, 7) is 2.86. The summed E-state index contributed by atoms with van der Waals surface area (Å²) < 4.78 is 0. The number of carbonyl (C=O) groups is 9. The molecule has 0 radical (unpaired) electrons. The summed E-state index contributed by atoms with van der Waals surface area (Å²) in [4.78, 5) is 111. The van der Waals surface area contributed by atoms with Gasteiger partial charge in [0.05, 0.1) is 6.04 Å². The van der Waals surface area contributed by atoms with Crippen molar-refractivity contribution in [3.8, 4) is 0 Å². The van der Waals surface area contributed by atoms with Gasteiger partial charge < -0.3 is 53.6 Å². The normalized spacial score (nSPS) is 17.5. The number of nitrogens with two attached hydrogens (primary N) is 3. The first kappa shape index (κ1) is 38.2. The monoisotopic (exact) mass is 642 g/mol. The first-order chi connectivity index (χ1) is 20.9. The van der Waals surface area contributed by atoms with E-state index in [1.807, 2.05) is 0 Å². The molecule has 0 aliphatic carbocycles. The lowest BCUT2D eigenvalue weighted by molar-refractivity contribution is -0.142. The molecular formula is C26H42N8O11. The van der Waals surface area contributed by atoms with Gasteiger partial charge in [0, 0.05) is 25.8 Å². The molecule has 12 N–H and O–H groups in total. The molecule has 0 spiro atoms. The number of carbonyl (C=O) groups excluding carboxylic acids is 7. The summed E-state index contributed by atoms with van der Waals surface area (Å²) in [6.07, 6.45) is -1.75. The van der Waals surface area contributed by atoms with Gasteiger partial charge in [-0.3, -0.25) is 43.2 Å². The highest BCUT2D eigenvalue weighted by Crippen LogP contribution is 2.19. The predicted octanol–water partition coefficient (Wildman–Crippen LogP) is -4.24. The standard InChI is InChI=1S/C26H42N8O11/c1-12(27)25(43)34-11-3-4-17(34)24(42)33-15(6-9-19(29)36)23(41)31-14(5-8-18(28)35)22(40)32-16(7-10-20(37)38)21(39)30-13(2)26(44)45/h12-17H,3-11,27H2,1-2H3,(H2,28,35)(H2,29,36)(H,30,39)(H,31,41)(H,32,40)(H,33,42)(H,37,38)(H,44,45). The van der Waals surface area contributed by atoms with Crippen molar-refractivity contribution in [3.63, 3.8) is 0 Å². The van der Waals surface area contributed by atoms with Crippen molar-refractivity contribution in [2.75, 3.05) is 6.54 Å². The summed E-state index contributed by atoms with van der Waals surface area (Å²) in [5.74, 6) is -8.62. The van der Waals surface area contributed by atoms with E-state index in [9.17, 15) is 43.2 Å². The van der Waals surface area contributed by atoms with Crippen molar-refractivity contribution in [1.29, 1.82) is 0 Å². The number of aliphatic carboxylic acids is 2. The number of primary amides is 2. The molecule has 6 unspecified atom stereocenters. The Morgan fingerprint density at radius 3 is 1.60 bits per heavy atom. The van der Waals surface area contributed by atoms with Gasteiger partial charge in [0.1, 0.15) is 30.2 Å². The van der Waals surface area contributed by atoms with Gasteiger partial charge in [-0.05, 0) is 46.0 Å². The molecule has 19 nitrogen and oxygen atoms in total. The molecule has 0 aromatic carbocycles. The van der Waals surface area contributed by atoms with E-state index in [0.717, 1.165) is 6.92 Å². The van der Waals surface area contributed by atoms with Gasteiger partial charge >= 0.3 is 11.9 Å². The van der Waals surface area contributed by atoms with Crippen LogP contribution >= 0.6 is 0 Å². The molecule has 0 aromatic heterocycles. The number of nitrogens with zero attached hydrogens (tertiary/aromatic N) is 1. The maximum Gasteiger partial charge on any atom is 0.325 e. The van der Waals surface area contributed by atoms with Crippen molar-refractivity contribution in [2.24, 2.45) is 17.2 Å². The lowest BCUT2D eigenvalue weighted by atomic mass is 10.0. The zero-order valence-electron chi connectivity index (χ0n) is 25.1. The largest absolute Gasteiger partial charge is 0.481 e. The zero-order valence-corrected chi connectivity index (χ0v) is 25.1. The predicted molar refractivity (Wildman–Crippen MR) is 153 cm³/mol. The quantitative estimate of drug-likeness (QED) is 0.0647. The molecule has 0 aromatic rings. The van der Waals surface area contributed by atoms with Crippen LogP contribution in [-0.4, -0.2) is 111 Å². The van der Waals surface area contributed by atoms with E-state index in [4.69, 9.17) is 27.4 Å². The summed E-state index contributed by atoms with van der Waals surface area (Å²) >= 11 is 0. The van der Waals surface area contributed by atoms with Crippen LogP contribution in [0.15, 0.2) is 0 Å². The third-order valence-electron chi connectivity index (χ3n) is 6.86. The fourth-order valence-corrected chi connectivity index (χ4v) is 4.40. The summed E-state index contributed by atoms with van der Waals surface area (Å²) in [7, 11) is 0. The Balaban J connectivity index is 3.21. The summed E-state index contributed by atoms with van der Waals surface area (Å²) in [6, 6.07) is -7.78. The van der Waals surface area contributed by atoms with Gasteiger partial charge in [-0.1, -0.05) is 0 Å². The van der Waals surface area contributed by atoms with Crippen molar-refractivity contribution < 1.29 is 53.4 Å². The Morgan fingerprint density at radius 2 is 1.18 bits per heavy atom. The Hall–Kier alpha value is -4.81. The number of nitrogens with one attached hydrogen (secondary N) is 4. The van der Waals surface area contributed by atoms with Gasteiger partial charge in [0.15, 0.2) is 0 Å². The van der Waals surface area contributed by atoms with E-state index in [-0.39, 0.29) is 32.2 Å². The first-order valence-electron chi connectivity index (χ1n) is 14.2. The molecule has 1 rings (SSSR count). The van der Waals surface area contributed by atoms with Crippen LogP contribution in [0.25, 0.3) is 0 Å². The van der Waals surface area contributed by atoms with Crippen molar-refractivity contribution in [3.05, 3.63) is 0 Å². The number of likely N-dealkylation sites (tertiary alicyclic amines) is 1. The summed E-state index contributed by atoms with van der Waals surface area (Å²) in [5.41, 5.74) is 16.1. The van der Waals surface area contributed by atoms with Crippen LogP contribution in [0, 0.1) is 0 Å². The van der Waals surface area contributed by atoms with E-state index in [1.54, 1.807) is 0 Å². The second-order valence-electron chi connectivity index (χ2n) is 10.7. The van der Waals surface area contributed by atoms with E-state index in [1.165, 1.54) is 11.8 Å². The number of hydrogen-bond acceptors (Lipinski definition) is 10. The van der Waals surface area contributed by atoms with Crippen LogP contribution in [0.4, 0.5) is 0 Å². The minimum atomic E-state index is -1.56. The van der Waals surface area contributed by atoms with Gasteiger partial charge in [-0.15, -0.1) is 0 Å². The SMILES string of the molecule is CC(N)C(=O)N1CCCC1C(=O)NC(CCC(N)=O)C(=O)NC(CCC(N)=O)C(=O)NC(CCC(=O)O)C(=O)NC(C)C(=O)O. The molecule has 7 amide bonds. The molecule has 1 fully saturated rings.